The number of urea groups is 1. The number of carbonyl (C=O) groups is 2. The van der Waals surface area contributed by atoms with Crippen LogP contribution >= 0.6 is 15.9 Å². The minimum absolute atomic E-state index is 0.0775. The third-order valence-corrected chi connectivity index (χ3v) is 4.00. The van der Waals surface area contributed by atoms with Crippen molar-refractivity contribution in [2.24, 2.45) is 5.41 Å². The zero-order valence-electron chi connectivity index (χ0n) is 11.8. The van der Waals surface area contributed by atoms with Crippen molar-refractivity contribution in [1.82, 2.24) is 5.32 Å². The van der Waals surface area contributed by atoms with Crippen LogP contribution in [0.25, 0.3) is 0 Å². The Balaban J connectivity index is 2.65. The molecule has 0 radical (unpaired) electrons. The first-order chi connectivity index (χ1) is 9.28. The van der Waals surface area contributed by atoms with Gasteiger partial charge in [-0.2, -0.15) is 0 Å². The molecule has 1 atom stereocenters. The first kappa shape index (κ1) is 16.5. The lowest BCUT2D eigenvalue weighted by atomic mass is 9.88. The van der Waals surface area contributed by atoms with Gasteiger partial charge >= 0.3 is 12.0 Å². The summed E-state index contributed by atoms with van der Waals surface area (Å²) in [4.78, 5) is 23.0. The molecule has 0 heterocycles. The topological polar surface area (TPSA) is 78.4 Å². The maximum absolute atomic E-state index is 11.8. The third kappa shape index (κ3) is 4.23. The van der Waals surface area contributed by atoms with Gasteiger partial charge in [-0.05, 0) is 53.9 Å². The van der Waals surface area contributed by atoms with Gasteiger partial charge in [0.2, 0.25) is 0 Å². The summed E-state index contributed by atoms with van der Waals surface area (Å²) in [7, 11) is 0. The molecule has 0 spiro atoms. The molecule has 110 valence electrons. The molecule has 0 aliphatic rings. The van der Waals surface area contributed by atoms with Crippen molar-refractivity contribution in [3.63, 3.8) is 0 Å². The van der Waals surface area contributed by atoms with Gasteiger partial charge in [-0.25, -0.2) is 4.79 Å². The van der Waals surface area contributed by atoms with Gasteiger partial charge in [0.15, 0.2) is 0 Å². The molecule has 1 unspecified atom stereocenters. The van der Waals surface area contributed by atoms with E-state index in [1.165, 1.54) is 0 Å². The molecule has 0 aromatic heterocycles. The summed E-state index contributed by atoms with van der Waals surface area (Å²) in [5, 5.41) is 14.4. The van der Waals surface area contributed by atoms with Crippen molar-refractivity contribution < 1.29 is 14.7 Å². The molecule has 1 aromatic rings. The Kier molecular flexibility index (Phi) is 5.56. The highest BCUT2D eigenvalue weighted by Crippen LogP contribution is 2.23. The van der Waals surface area contributed by atoms with Gasteiger partial charge in [-0.1, -0.05) is 13.0 Å². The molecule has 0 saturated heterocycles. The Bertz CT molecular complexity index is 519. The highest BCUT2D eigenvalue weighted by Gasteiger charge is 2.31. The zero-order valence-corrected chi connectivity index (χ0v) is 13.4. The monoisotopic (exact) mass is 342 g/mol. The second kappa shape index (κ2) is 6.74. The summed E-state index contributed by atoms with van der Waals surface area (Å²) < 4.78 is 0.773. The maximum Gasteiger partial charge on any atom is 0.319 e. The Hall–Kier alpha value is -1.56. The van der Waals surface area contributed by atoms with Crippen LogP contribution in [0.3, 0.4) is 0 Å². The number of carboxylic acid groups (broad SMARTS) is 1. The van der Waals surface area contributed by atoms with Gasteiger partial charge in [0, 0.05) is 11.0 Å². The molecule has 5 nitrogen and oxygen atoms in total. The van der Waals surface area contributed by atoms with Crippen molar-refractivity contribution in [3.05, 3.63) is 28.2 Å². The number of amides is 2. The highest BCUT2D eigenvalue weighted by atomic mass is 79.9. The number of rotatable bonds is 5. The average molecular weight is 343 g/mol. The van der Waals surface area contributed by atoms with Gasteiger partial charge in [0.1, 0.15) is 0 Å². The number of anilines is 1. The van der Waals surface area contributed by atoms with Crippen LogP contribution < -0.4 is 10.6 Å². The van der Waals surface area contributed by atoms with E-state index in [1.807, 2.05) is 25.1 Å². The predicted molar refractivity (Wildman–Crippen MR) is 81.9 cm³/mol. The lowest BCUT2D eigenvalue weighted by Crippen LogP contribution is -2.42. The van der Waals surface area contributed by atoms with Crippen LogP contribution in [0.15, 0.2) is 22.7 Å². The Labute approximate surface area is 126 Å². The minimum atomic E-state index is -0.957. The van der Waals surface area contributed by atoms with Gasteiger partial charge in [0.25, 0.3) is 0 Å². The molecule has 0 saturated carbocycles. The van der Waals surface area contributed by atoms with E-state index < -0.39 is 17.4 Å². The summed E-state index contributed by atoms with van der Waals surface area (Å²) in [6.45, 7) is 5.39. The standard InChI is InChI=1S/C14H19BrN2O3/c1-4-14(3,12(18)19)8-16-13(20)17-11-7-9(2)5-6-10(11)15/h5-7H,4,8H2,1-3H3,(H,18,19)(H2,16,17,20). The number of hydrogen-bond donors (Lipinski definition) is 3. The van der Waals surface area contributed by atoms with Crippen molar-refractivity contribution >= 4 is 33.6 Å². The second-order valence-corrected chi connectivity index (χ2v) is 5.86. The van der Waals surface area contributed by atoms with Gasteiger partial charge < -0.3 is 15.7 Å². The number of halogens is 1. The van der Waals surface area contributed by atoms with E-state index in [4.69, 9.17) is 5.11 Å². The van der Waals surface area contributed by atoms with Gasteiger partial charge in [-0.3, -0.25) is 4.79 Å². The molecular weight excluding hydrogens is 324 g/mol. The van der Waals surface area contributed by atoms with Crippen LogP contribution in [0.5, 0.6) is 0 Å². The van der Waals surface area contributed by atoms with Crippen LogP contribution in [0, 0.1) is 12.3 Å². The van der Waals surface area contributed by atoms with Crippen molar-refractivity contribution in [1.29, 1.82) is 0 Å². The number of carboxylic acids is 1. The summed E-state index contributed by atoms with van der Waals surface area (Å²) in [5.41, 5.74) is 0.713. The van der Waals surface area contributed by atoms with Crippen molar-refractivity contribution in [3.8, 4) is 0 Å². The number of aryl methyl sites for hydroxylation is 1. The summed E-state index contributed by atoms with van der Waals surface area (Å²) in [5.74, 6) is -0.919. The van der Waals surface area contributed by atoms with E-state index in [0.29, 0.717) is 12.1 Å². The molecule has 0 aliphatic heterocycles. The van der Waals surface area contributed by atoms with Gasteiger partial charge in [0.05, 0.1) is 11.1 Å². The van der Waals surface area contributed by atoms with E-state index in [-0.39, 0.29) is 6.54 Å². The van der Waals surface area contributed by atoms with Crippen LogP contribution in [0.2, 0.25) is 0 Å². The first-order valence-electron chi connectivity index (χ1n) is 6.33. The molecule has 1 rings (SSSR count). The number of hydrogen-bond acceptors (Lipinski definition) is 2. The Morgan fingerprint density at radius 1 is 1.40 bits per heavy atom. The van der Waals surface area contributed by atoms with Crippen LogP contribution in [0.4, 0.5) is 10.5 Å². The molecule has 0 bridgehead atoms. The van der Waals surface area contributed by atoms with Crippen molar-refractivity contribution in [2.75, 3.05) is 11.9 Å². The van der Waals surface area contributed by atoms with Crippen LogP contribution in [0.1, 0.15) is 25.8 Å². The number of nitrogens with one attached hydrogen (secondary N) is 2. The number of aliphatic carboxylic acids is 1. The molecule has 2 amide bonds. The Morgan fingerprint density at radius 2 is 2.05 bits per heavy atom. The largest absolute Gasteiger partial charge is 0.481 e. The molecule has 1 aromatic carbocycles. The van der Waals surface area contributed by atoms with Crippen LogP contribution in [-0.2, 0) is 4.79 Å². The average Bonchev–Trinajstić information content (AvgIpc) is 2.40. The quantitative estimate of drug-likeness (QED) is 0.767. The highest BCUT2D eigenvalue weighted by molar-refractivity contribution is 9.10. The zero-order chi connectivity index (χ0) is 15.3. The minimum Gasteiger partial charge on any atom is -0.481 e. The molecule has 20 heavy (non-hydrogen) atoms. The first-order valence-corrected chi connectivity index (χ1v) is 7.12. The molecular formula is C14H19BrN2O3. The van der Waals surface area contributed by atoms with Crippen LogP contribution in [-0.4, -0.2) is 23.7 Å². The van der Waals surface area contributed by atoms with Gasteiger partial charge in [-0.15, -0.1) is 0 Å². The predicted octanol–water partition coefficient (Wildman–Crippen LogP) is 3.38. The molecule has 3 N–H and O–H groups in total. The third-order valence-electron chi connectivity index (χ3n) is 3.31. The molecule has 6 heteroatoms. The summed E-state index contributed by atoms with van der Waals surface area (Å²) >= 11 is 3.35. The smallest absolute Gasteiger partial charge is 0.319 e. The maximum atomic E-state index is 11.8. The van der Waals surface area contributed by atoms with E-state index >= 15 is 0 Å². The Morgan fingerprint density at radius 3 is 2.60 bits per heavy atom. The van der Waals surface area contributed by atoms with Crippen molar-refractivity contribution in [2.45, 2.75) is 27.2 Å². The fourth-order valence-electron chi connectivity index (χ4n) is 1.53. The fraction of sp³-hybridized carbons (Fsp3) is 0.429. The lowest BCUT2D eigenvalue weighted by Gasteiger charge is -2.23. The molecule has 0 fully saturated rings. The summed E-state index contributed by atoms with van der Waals surface area (Å²) in [6, 6.07) is 5.18. The summed E-state index contributed by atoms with van der Waals surface area (Å²) in [6.07, 6.45) is 0.441. The number of benzene rings is 1. The van der Waals surface area contributed by atoms with E-state index in [1.54, 1.807) is 13.8 Å². The van der Waals surface area contributed by atoms with E-state index in [0.717, 1.165) is 10.0 Å². The lowest BCUT2D eigenvalue weighted by molar-refractivity contribution is -0.147. The van der Waals surface area contributed by atoms with E-state index in [2.05, 4.69) is 26.6 Å². The second-order valence-electron chi connectivity index (χ2n) is 5.01. The molecule has 0 aliphatic carbocycles. The SMILES string of the molecule is CCC(C)(CNC(=O)Nc1cc(C)ccc1Br)C(=O)O. The fourth-order valence-corrected chi connectivity index (χ4v) is 1.87. The number of carbonyl (C=O) groups excluding carboxylic acids is 1. The normalized spacial score (nSPS) is 13.4. The van der Waals surface area contributed by atoms with E-state index in [9.17, 15) is 9.59 Å².